The minimum atomic E-state index is -3.65. The van der Waals surface area contributed by atoms with Gasteiger partial charge in [-0.2, -0.15) is 0 Å². The van der Waals surface area contributed by atoms with Crippen molar-refractivity contribution in [1.29, 1.82) is 0 Å². The molecule has 2 heterocycles. The summed E-state index contributed by atoms with van der Waals surface area (Å²) in [7, 11) is -3.65. The highest BCUT2D eigenvalue weighted by Gasteiger charge is 2.18. The number of rotatable bonds is 4. The molecule has 0 saturated heterocycles. The third kappa shape index (κ3) is 2.81. The highest BCUT2D eigenvalue weighted by atomic mass is 32.2. The van der Waals surface area contributed by atoms with E-state index in [4.69, 9.17) is 4.42 Å². The first-order chi connectivity index (χ1) is 10.1. The molecule has 0 fully saturated rings. The summed E-state index contributed by atoms with van der Waals surface area (Å²) in [6, 6.07) is 10.5. The van der Waals surface area contributed by atoms with Gasteiger partial charge in [-0.15, -0.1) is 0 Å². The zero-order valence-corrected chi connectivity index (χ0v) is 12.2. The number of fused-ring (bicyclic) bond motifs is 1. The van der Waals surface area contributed by atoms with Crippen molar-refractivity contribution < 1.29 is 12.8 Å². The Bertz CT molecular complexity index is 871. The average Bonchev–Trinajstić information content (AvgIpc) is 2.97. The number of aromatic nitrogens is 1. The molecule has 21 heavy (non-hydrogen) atoms. The standard InChI is InChI=1S/C15H14N2O3S/c1-11-8-12-4-2-6-14(15(12)16-9-11)21(18,19)17-10-13-5-3-7-20-13/h2-9,17H,10H2,1H3. The van der Waals surface area contributed by atoms with Crippen LogP contribution in [0.4, 0.5) is 0 Å². The second-order valence-electron chi connectivity index (χ2n) is 4.74. The highest BCUT2D eigenvalue weighted by molar-refractivity contribution is 7.89. The van der Waals surface area contributed by atoms with Crippen LogP contribution in [0.5, 0.6) is 0 Å². The van der Waals surface area contributed by atoms with Crippen LogP contribution in [0.3, 0.4) is 0 Å². The maximum atomic E-state index is 12.4. The molecule has 0 aliphatic carbocycles. The van der Waals surface area contributed by atoms with Crippen molar-refractivity contribution in [3.05, 3.63) is 60.2 Å². The van der Waals surface area contributed by atoms with Crippen molar-refractivity contribution in [2.24, 2.45) is 0 Å². The fraction of sp³-hybridized carbons (Fsp3) is 0.133. The lowest BCUT2D eigenvalue weighted by Gasteiger charge is -2.08. The normalized spacial score (nSPS) is 11.9. The third-order valence-electron chi connectivity index (χ3n) is 3.12. The molecule has 0 radical (unpaired) electrons. The Balaban J connectivity index is 1.98. The fourth-order valence-corrected chi connectivity index (χ4v) is 3.29. The van der Waals surface area contributed by atoms with Crippen molar-refractivity contribution >= 4 is 20.9 Å². The Kier molecular flexibility index (Phi) is 3.48. The van der Waals surface area contributed by atoms with Gasteiger partial charge in [0.05, 0.1) is 18.3 Å². The number of sulfonamides is 1. The zero-order valence-electron chi connectivity index (χ0n) is 11.4. The fourth-order valence-electron chi connectivity index (χ4n) is 2.12. The lowest BCUT2D eigenvalue weighted by atomic mass is 10.2. The Morgan fingerprint density at radius 3 is 2.86 bits per heavy atom. The molecule has 5 nitrogen and oxygen atoms in total. The number of hydrogen-bond acceptors (Lipinski definition) is 4. The lowest BCUT2D eigenvalue weighted by molar-refractivity contribution is 0.498. The Hall–Kier alpha value is -2.18. The van der Waals surface area contributed by atoms with Gasteiger partial charge in [-0.3, -0.25) is 4.98 Å². The average molecular weight is 302 g/mol. The molecule has 6 heteroatoms. The summed E-state index contributed by atoms with van der Waals surface area (Å²) in [5.41, 5.74) is 1.45. The molecule has 0 unspecified atom stereocenters. The van der Waals surface area contributed by atoms with Crippen molar-refractivity contribution in [1.82, 2.24) is 9.71 Å². The molecule has 0 bridgehead atoms. The van der Waals surface area contributed by atoms with Crippen LogP contribution in [0.2, 0.25) is 0 Å². The molecule has 3 rings (SSSR count). The van der Waals surface area contributed by atoms with E-state index in [2.05, 4.69) is 9.71 Å². The van der Waals surface area contributed by atoms with Gasteiger partial charge in [-0.05, 0) is 36.8 Å². The first kappa shape index (κ1) is 13.8. The predicted octanol–water partition coefficient (Wildman–Crippen LogP) is 2.61. The predicted molar refractivity (Wildman–Crippen MR) is 79.2 cm³/mol. The van der Waals surface area contributed by atoms with Crippen LogP contribution in [-0.2, 0) is 16.6 Å². The molecule has 1 aromatic carbocycles. The van der Waals surface area contributed by atoms with Gasteiger partial charge in [0, 0.05) is 11.6 Å². The first-order valence-corrected chi connectivity index (χ1v) is 7.92. The van der Waals surface area contributed by atoms with Crippen LogP contribution >= 0.6 is 0 Å². The minimum absolute atomic E-state index is 0.109. The third-order valence-corrected chi connectivity index (χ3v) is 4.55. The molecule has 3 aromatic rings. The van der Waals surface area contributed by atoms with E-state index in [0.29, 0.717) is 11.3 Å². The Morgan fingerprint density at radius 1 is 1.24 bits per heavy atom. The Morgan fingerprint density at radius 2 is 2.10 bits per heavy atom. The molecule has 0 amide bonds. The molecular formula is C15H14N2O3S. The monoisotopic (exact) mass is 302 g/mol. The number of pyridine rings is 1. The number of aryl methyl sites for hydroxylation is 1. The smallest absolute Gasteiger partial charge is 0.243 e. The summed E-state index contributed by atoms with van der Waals surface area (Å²) in [4.78, 5) is 4.42. The zero-order chi connectivity index (χ0) is 14.9. The van der Waals surface area contributed by atoms with Crippen LogP contribution in [0.25, 0.3) is 10.9 Å². The minimum Gasteiger partial charge on any atom is -0.468 e. The van der Waals surface area contributed by atoms with E-state index in [-0.39, 0.29) is 11.4 Å². The first-order valence-electron chi connectivity index (χ1n) is 6.44. The van der Waals surface area contributed by atoms with E-state index < -0.39 is 10.0 Å². The van der Waals surface area contributed by atoms with Gasteiger partial charge >= 0.3 is 0 Å². The van der Waals surface area contributed by atoms with Crippen LogP contribution < -0.4 is 4.72 Å². The number of nitrogens with zero attached hydrogens (tertiary/aromatic N) is 1. The highest BCUT2D eigenvalue weighted by Crippen LogP contribution is 2.21. The number of nitrogens with one attached hydrogen (secondary N) is 1. The van der Waals surface area contributed by atoms with Gasteiger partial charge in [0.2, 0.25) is 10.0 Å². The molecule has 1 N–H and O–H groups in total. The summed E-state index contributed by atoms with van der Waals surface area (Å²) < 4.78 is 32.5. The maximum absolute atomic E-state index is 12.4. The molecular weight excluding hydrogens is 288 g/mol. The summed E-state index contributed by atoms with van der Waals surface area (Å²) >= 11 is 0. The van der Waals surface area contributed by atoms with Crippen molar-refractivity contribution in [3.8, 4) is 0 Å². The number of furan rings is 1. The van der Waals surface area contributed by atoms with E-state index in [1.165, 1.54) is 6.26 Å². The van der Waals surface area contributed by atoms with Crippen molar-refractivity contribution in [2.75, 3.05) is 0 Å². The lowest BCUT2D eigenvalue weighted by Crippen LogP contribution is -2.23. The van der Waals surface area contributed by atoms with Gasteiger partial charge in [-0.1, -0.05) is 12.1 Å². The largest absolute Gasteiger partial charge is 0.468 e. The molecule has 0 aliphatic heterocycles. The summed E-state index contributed by atoms with van der Waals surface area (Å²) in [5, 5.41) is 0.802. The van der Waals surface area contributed by atoms with Crippen LogP contribution in [-0.4, -0.2) is 13.4 Å². The molecule has 0 atom stereocenters. The molecule has 0 aliphatic rings. The molecule has 0 spiro atoms. The van der Waals surface area contributed by atoms with E-state index in [1.807, 2.05) is 19.1 Å². The number of hydrogen-bond donors (Lipinski definition) is 1. The van der Waals surface area contributed by atoms with E-state index >= 15 is 0 Å². The van der Waals surface area contributed by atoms with E-state index in [0.717, 1.165) is 10.9 Å². The van der Waals surface area contributed by atoms with E-state index in [1.54, 1.807) is 30.5 Å². The second-order valence-corrected chi connectivity index (χ2v) is 6.48. The molecule has 0 saturated carbocycles. The van der Waals surface area contributed by atoms with E-state index in [9.17, 15) is 8.42 Å². The van der Waals surface area contributed by atoms with Crippen LogP contribution in [0, 0.1) is 6.92 Å². The van der Waals surface area contributed by atoms with Gasteiger partial charge in [0.15, 0.2) is 0 Å². The second kappa shape index (κ2) is 5.31. The number of benzene rings is 1. The van der Waals surface area contributed by atoms with Gasteiger partial charge in [0.25, 0.3) is 0 Å². The van der Waals surface area contributed by atoms with Crippen LogP contribution in [0.15, 0.2) is 58.2 Å². The summed E-state index contributed by atoms with van der Waals surface area (Å²) in [5.74, 6) is 0.558. The van der Waals surface area contributed by atoms with Gasteiger partial charge in [0.1, 0.15) is 10.7 Å². The SMILES string of the molecule is Cc1cnc2c(S(=O)(=O)NCc3ccco3)cccc2c1. The maximum Gasteiger partial charge on any atom is 0.243 e. The van der Waals surface area contributed by atoms with Gasteiger partial charge < -0.3 is 4.42 Å². The topological polar surface area (TPSA) is 72.2 Å². The molecule has 108 valence electrons. The molecule has 2 aromatic heterocycles. The Labute approximate surface area is 122 Å². The van der Waals surface area contributed by atoms with Crippen LogP contribution in [0.1, 0.15) is 11.3 Å². The quantitative estimate of drug-likeness (QED) is 0.804. The van der Waals surface area contributed by atoms with Crippen molar-refractivity contribution in [2.45, 2.75) is 18.4 Å². The number of para-hydroxylation sites is 1. The summed E-state index contributed by atoms with van der Waals surface area (Å²) in [6.45, 7) is 2.03. The summed E-state index contributed by atoms with van der Waals surface area (Å²) in [6.07, 6.45) is 3.17. The van der Waals surface area contributed by atoms with Gasteiger partial charge in [-0.25, -0.2) is 13.1 Å². The van der Waals surface area contributed by atoms with Crippen molar-refractivity contribution in [3.63, 3.8) is 0 Å².